The molecule has 0 spiro atoms. The second-order valence-corrected chi connectivity index (χ2v) is 6.72. The Hall–Kier alpha value is -2.44. The fraction of sp³-hybridized carbons (Fsp3) is 0.400. The zero-order valence-electron chi connectivity index (χ0n) is 14.7. The molecule has 1 saturated carbocycles. The minimum absolute atomic E-state index is 0.150. The van der Waals surface area contributed by atoms with Crippen molar-refractivity contribution in [2.45, 2.75) is 44.2 Å². The van der Waals surface area contributed by atoms with E-state index in [-0.39, 0.29) is 6.10 Å². The third-order valence-electron chi connectivity index (χ3n) is 4.66. The first-order valence-corrected chi connectivity index (χ1v) is 9.04. The van der Waals surface area contributed by atoms with Gasteiger partial charge < -0.3 is 20.9 Å². The molecule has 0 radical (unpaired) electrons. The highest BCUT2D eigenvalue weighted by Crippen LogP contribution is 2.21. The maximum Gasteiger partial charge on any atom is 0.250 e. The van der Waals surface area contributed by atoms with Gasteiger partial charge in [0.15, 0.2) is 0 Å². The van der Waals surface area contributed by atoms with Gasteiger partial charge in [-0.1, -0.05) is 12.1 Å². The number of amides is 1. The molecule has 0 unspecified atom stereocenters. The van der Waals surface area contributed by atoms with E-state index in [1.165, 1.54) is 11.8 Å². The van der Waals surface area contributed by atoms with Gasteiger partial charge in [-0.2, -0.15) is 0 Å². The van der Waals surface area contributed by atoms with Gasteiger partial charge in [-0.05, 0) is 62.4 Å². The molecule has 1 fully saturated rings. The number of benzene rings is 1. The summed E-state index contributed by atoms with van der Waals surface area (Å²) in [6, 6.07) is 11.5. The minimum atomic E-state index is -0.509. The Balaban J connectivity index is 1.46. The molecule has 4 N–H and O–H groups in total. The van der Waals surface area contributed by atoms with E-state index in [0.717, 1.165) is 38.6 Å². The Morgan fingerprint density at radius 3 is 2.69 bits per heavy atom. The van der Waals surface area contributed by atoms with E-state index < -0.39 is 5.91 Å². The molecule has 1 aromatic heterocycles. The average molecular weight is 355 g/mol. The van der Waals surface area contributed by atoms with Crippen molar-refractivity contribution in [2.75, 3.05) is 6.54 Å². The highest BCUT2D eigenvalue weighted by molar-refractivity contribution is 5.92. The zero-order valence-corrected chi connectivity index (χ0v) is 14.7. The molecule has 0 saturated heterocycles. The largest absolute Gasteiger partial charge is 0.439 e. The van der Waals surface area contributed by atoms with E-state index in [9.17, 15) is 9.90 Å². The molecule has 2 atom stereocenters. The maximum atomic E-state index is 11.0. The van der Waals surface area contributed by atoms with E-state index >= 15 is 0 Å². The third-order valence-corrected chi connectivity index (χ3v) is 4.66. The average Bonchev–Trinajstić information content (AvgIpc) is 2.64. The summed E-state index contributed by atoms with van der Waals surface area (Å²) in [6.07, 6.45) is 6.21. The first-order chi connectivity index (χ1) is 12.6. The van der Waals surface area contributed by atoms with Crippen molar-refractivity contribution >= 4 is 5.91 Å². The van der Waals surface area contributed by atoms with Crippen LogP contribution in [0.15, 0.2) is 42.6 Å². The maximum absolute atomic E-state index is 11.0. The van der Waals surface area contributed by atoms with Gasteiger partial charge in [0.05, 0.1) is 11.7 Å². The van der Waals surface area contributed by atoms with Crippen LogP contribution in [0, 0.1) is 0 Å². The Morgan fingerprint density at radius 2 is 2.04 bits per heavy atom. The second kappa shape index (κ2) is 8.78. The number of aromatic nitrogens is 1. The second-order valence-electron chi connectivity index (χ2n) is 6.72. The number of hydrogen-bond donors (Lipinski definition) is 3. The SMILES string of the molecule is NC(=O)c1ccc(Oc2ccc(CCN[C@@H]3CCC[C@H](O)C3)cc2)nc1. The van der Waals surface area contributed by atoms with E-state index in [1.807, 2.05) is 24.3 Å². The number of carbonyl (C=O) groups is 1. The first-order valence-electron chi connectivity index (χ1n) is 9.04. The standard InChI is InChI=1S/C20H25N3O3/c21-20(25)15-6-9-19(23-13-15)26-18-7-4-14(5-8-18)10-11-22-16-2-1-3-17(24)12-16/h4-9,13,16-17,22,24H,1-3,10-12H2,(H2,21,25)/t16-,17+/m1/s1. The van der Waals surface area contributed by atoms with Gasteiger partial charge in [0.25, 0.3) is 0 Å². The van der Waals surface area contributed by atoms with Gasteiger partial charge in [0.1, 0.15) is 5.75 Å². The van der Waals surface area contributed by atoms with Crippen molar-refractivity contribution in [1.29, 1.82) is 0 Å². The zero-order chi connectivity index (χ0) is 18.4. The molecule has 1 amide bonds. The molecule has 6 heteroatoms. The molecule has 0 aliphatic heterocycles. The lowest BCUT2D eigenvalue weighted by atomic mass is 9.93. The van der Waals surface area contributed by atoms with Crippen LogP contribution in [0.2, 0.25) is 0 Å². The number of ether oxygens (including phenoxy) is 1. The number of pyridine rings is 1. The Labute approximate surface area is 153 Å². The number of carbonyl (C=O) groups excluding carboxylic acids is 1. The van der Waals surface area contributed by atoms with E-state index in [2.05, 4.69) is 10.3 Å². The van der Waals surface area contributed by atoms with Crippen molar-refractivity contribution in [1.82, 2.24) is 10.3 Å². The van der Waals surface area contributed by atoms with Gasteiger partial charge in [0, 0.05) is 18.3 Å². The third kappa shape index (κ3) is 5.28. The summed E-state index contributed by atoms with van der Waals surface area (Å²) in [5.41, 5.74) is 6.76. The van der Waals surface area contributed by atoms with Crippen LogP contribution in [-0.2, 0) is 6.42 Å². The molecule has 2 aromatic rings. The summed E-state index contributed by atoms with van der Waals surface area (Å²) >= 11 is 0. The molecule has 1 aliphatic rings. The molecule has 26 heavy (non-hydrogen) atoms. The molecule has 3 rings (SSSR count). The Morgan fingerprint density at radius 1 is 1.23 bits per heavy atom. The highest BCUT2D eigenvalue weighted by Gasteiger charge is 2.19. The van der Waals surface area contributed by atoms with Crippen molar-refractivity contribution in [2.24, 2.45) is 5.73 Å². The lowest BCUT2D eigenvalue weighted by molar-refractivity contribution is 0.0999. The minimum Gasteiger partial charge on any atom is -0.439 e. The number of nitrogens with zero attached hydrogens (tertiary/aromatic N) is 1. The summed E-state index contributed by atoms with van der Waals surface area (Å²) < 4.78 is 5.67. The number of nitrogens with two attached hydrogens (primary N) is 1. The van der Waals surface area contributed by atoms with E-state index in [0.29, 0.717) is 23.2 Å². The van der Waals surface area contributed by atoms with Crippen LogP contribution in [0.1, 0.15) is 41.6 Å². The number of hydrogen-bond acceptors (Lipinski definition) is 5. The van der Waals surface area contributed by atoms with Crippen LogP contribution in [0.25, 0.3) is 0 Å². The number of aliphatic hydroxyl groups excluding tert-OH is 1. The predicted molar refractivity (Wildman–Crippen MR) is 99.2 cm³/mol. The first kappa shape index (κ1) is 18.4. The predicted octanol–water partition coefficient (Wildman–Crippen LogP) is 2.41. The summed E-state index contributed by atoms with van der Waals surface area (Å²) in [6.45, 7) is 0.897. The van der Waals surface area contributed by atoms with Crippen LogP contribution in [0.4, 0.5) is 0 Å². The van der Waals surface area contributed by atoms with Crippen molar-refractivity contribution < 1.29 is 14.6 Å². The fourth-order valence-corrected chi connectivity index (χ4v) is 3.20. The van der Waals surface area contributed by atoms with Crippen LogP contribution >= 0.6 is 0 Å². The summed E-state index contributed by atoms with van der Waals surface area (Å²) in [5, 5.41) is 13.2. The smallest absolute Gasteiger partial charge is 0.250 e. The monoisotopic (exact) mass is 355 g/mol. The van der Waals surface area contributed by atoms with Crippen LogP contribution in [0.3, 0.4) is 0 Å². The van der Waals surface area contributed by atoms with Gasteiger partial charge in [-0.3, -0.25) is 4.79 Å². The summed E-state index contributed by atoms with van der Waals surface area (Å²) in [7, 11) is 0. The normalized spacial score (nSPS) is 19.9. The van der Waals surface area contributed by atoms with Crippen molar-refractivity contribution in [3.05, 3.63) is 53.7 Å². The molecular weight excluding hydrogens is 330 g/mol. The molecule has 6 nitrogen and oxygen atoms in total. The highest BCUT2D eigenvalue weighted by atomic mass is 16.5. The topological polar surface area (TPSA) is 97.5 Å². The van der Waals surface area contributed by atoms with E-state index in [4.69, 9.17) is 10.5 Å². The van der Waals surface area contributed by atoms with Gasteiger partial charge in [-0.15, -0.1) is 0 Å². The number of aliphatic hydroxyl groups is 1. The van der Waals surface area contributed by atoms with Crippen molar-refractivity contribution in [3.8, 4) is 11.6 Å². The summed E-state index contributed by atoms with van der Waals surface area (Å²) in [4.78, 5) is 15.1. The number of rotatable bonds is 7. The van der Waals surface area contributed by atoms with Gasteiger partial charge >= 0.3 is 0 Å². The van der Waals surface area contributed by atoms with Crippen molar-refractivity contribution in [3.63, 3.8) is 0 Å². The Kier molecular flexibility index (Phi) is 6.20. The molecule has 0 bridgehead atoms. The number of nitrogens with one attached hydrogen (secondary N) is 1. The Bertz CT molecular complexity index is 716. The molecular formula is C20H25N3O3. The molecule has 1 aliphatic carbocycles. The van der Waals surface area contributed by atoms with Gasteiger partial charge in [0.2, 0.25) is 11.8 Å². The lowest BCUT2D eigenvalue weighted by Gasteiger charge is -2.26. The summed E-state index contributed by atoms with van der Waals surface area (Å²) in [5.74, 6) is 0.599. The lowest BCUT2D eigenvalue weighted by Crippen LogP contribution is -2.37. The molecule has 1 heterocycles. The van der Waals surface area contributed by atoms with Crippen LogP contribution < -0.4 is 15.8 Å². The number of primary amides is 1. The molecule has 1 aromatic carbocycles. The van der Waals surface area contributed by atoms with Crippen LogP contribution in [0.5, 0.6) is 11.6 Å². The molecule has 138 valence electrons. The van der Waals surface area contributed by atoms with Gasteiger partial charge in [-0.25, -0.2) is 4.98 Å². The quantitative estimate of drug-likeness (QED) is 0.708. The fourth-order valence-electron chi connectivity index (χ4n) is 3.20. The van der Waals surface area contributed by atoms with E-state index in [1.54, 1.807) is 12.1 Å². The van der Waals surface area contributed by atoms with Crippen LogP contribution in [-0.4, -0.2) is 34.7 Å².